The smallest absolute Gasteiger partial charge is 0.381 e. The molecule has 7 heteroatoms. The molecule has 0 atom stereocenters. The number of rotatable bonds is 14. The van der Waals surface area contributed by atoms with Crippen LogP contribution >= 0.6 is 0 Å². The van der Waals surface area contributed by atoms with Gasteiger partial charge in [-0.25, -0.2) is 10.6 Å². The van der Waals surface area contributed by atoms with Gasteiger partial charge in [0.1, 0.15) is 0 Å². The topological polar surface area (TPSA) is 74.6 Å². The summed E-state index contributed by atoms with van der Waals surface area (Å²) in [4.78, 5) is 7.07. The maximum Gasteiger partial charge on any atom is 2.00 e. The molecule has 0 aromatic heterocycles. The molecular weight excluding hydrogens is 872 g/mol. The normalized spacial score (nSPS) is 13.8. The quantitative estimate of drug-likeness (QED) is 0.0751. The molecule has 352 valence electrons. The van der Waals surface area contributed by atoms with Crippen LogP contribution in [0.4, 0.5) is 22.7 Å². The Kier molecular flexibility index (Phi) is 27.4. The van der Waals surface area contributed by atoms with Crippen LogP contribution in [0.1, 0.15) is 228 Å². The van der Waals surface area contributed by atoms with Crippen molar-refractivity contribution in [3.63, 3.8) is 0 Å². The Hall–Kier alpha value is -2.78. The van der Waals surface area contributed by atoms with Crippen molar-refractivity contribution in [3.8, 4) is 0 Å². The zero-order chi connectivity index (χ0) is 47.3. The second-order valence-electron chi connectivity index (χ2n) is 19.9. The van der Waals surface area contributed by atoms with Crippen LogP contribution in [0.15, 0.2) is 72.8 Å². The molecule has 6 rings (SSSR count). The van der Waals surface area contributed by atoms with Crippen molar-refractivity contribution >= 4 is 80.9 Å². The average molecular weight is 961 g/mol. The number of nitrogens with one attached hydrogen (secondary N) is 2. The fourth-order valence-corrected chi connectivity index (χ4v) is 8.10. The molecule has 65 heavy (non-hydrogen) atoms. The summed E-state index contributed by atoms with van der Waals surface area (Å²) in [6.07, 6.45) is 8.89. The molecule has 2 fully saturated rings. The summed E-state index contributed by atoms with van der Waals surface area (Å²) < 4.78 is 9.89. The minimum absolute atomic E-state index is 0. The van der Waals surface area contributed by atoms with Crippen molar-refractivity contribution in [2.45, 2.75) is 184 Å². The summed E-state index contributed by atoms with van der Waals surface area (Å²) in [6, 6.07) is 26.3. The van der Waals surface area contributed by atoms with Gasteiger partial charge in [-0.15, -0.1) is 0 Å². The zero-order valence-electron chi connectivity index (χ0n) is 43.8. The van der Waals surface area contributed by atoms with Gasteiger partial charge in [-0.05, 0) is 118 Å². The third-order valence-electron chi connectivity index (χ3n) is 11.9. The Balaban J connectivity index is 0.000000361. The van der Waals surface area contributed by atoms with E-state index in [1.54, 1.807) is 0 Å². The summed E-state index contributed by atoms with van der Waals surface area (Å²) in [5, 5.41) is 9.82. The first-order chi connectivity index (χ1) is 30.5. The third kappa shape index (κ3) is 18.7. The van der Waals surface area contributed by atoms with Crippen LogP contribution in [0.25, 0.3) is 10.6 Å². The van der Waals surface area contributed by atoms with Gasteiger partial charge in [-0.1, -0.05) is 184 Å². The van der Waals surface area contributed by atoms with E-state index in [2.05, 4.69) is 194 Å². The molecule has 0 unspecified atom stereocenters. The van der Waals surface area contributed by atoms with Crippen molar-refractivity contribution in [2.24, 2.45) is 0 Å². The molecule has 4 aromatic carbocycles. The van der Waals surface area contributed by atoms with E-state index >= 15 is 0 Å². The summed E-state index contributed by atoms with van der Waals surface area (Å²) in [7, 11) is 0. The van der Waals surface area contributed by atoms with Crippen LogP contribution in [0, 0.1) is 0 Å². The summed E-state index contributed by atoms with van der Waals surface area (Å²) in [5.41, 5.74) is 15.2. The first-order valence-electron chi connectivity index (χ1n) is 24.7. The average Bonchev–Trinajstić information content (AvgIpc) is 4.05. The molecule has 0 amide bonds. The maximum atomic E-state index is 4.94. The third-order valence-corrected chi connectivity index (χ3v) is 11.9. The summed E-state index contributed by atoms with van der Waals surface area (Å²) >= 11 is 0. The molecule has 2 aliphatic heterocycles. The molecule has 2 aliphatic rings. The van der Waals surface area contributed by atoms with E-state index in [1.165, 1.54) is 81.6 Å². The SMILES string of the molecule is C1CCOC1.C1CCOC1.CC(C)c1cccc(C(C)C)c1[N-]C=[NH+]c1c(C(C)C)cccc1C(C)C.CC(C)c1cccc(C(C)C)c1[N-]C=[NH+]c1c(C(C)C)cccc1C(C)C.[Sr+2]. The van der Waals surface area contributed by atoms with Gasteiger partial charge in [0.15, 0.2) is 0 Å². The van der Waals surface area contributed by atoms with Crippen molar-refractivity contribution in [1.82, 2.24) is 0 Å². The molecule has 0 saturated carbocycles. The minimum Gasteiger partial charge on any atom is -0.381 e. The molecule has 6 nitrogen and oxygen atoms in total. The van der Waals surface area contributed by atoms with Crippen LogP contribution in [0.2, 0.25) is 0 Å². The first-order valence-corrected chi connectivity index (χ1v) is 24.7. The fraction of sp³-hybridized carbons (Fsp3) is 0.552. The van der Waals surface area contributed by atoms with Crippen LogP contribution < -0.4 is 9.98 Å². The Morgan fingerprint density at radius 2 is 0.554 bits per heavy atom. The Morgan fingerprint density at radius 3 is 0.723 bits per heavy atom. The Labute approximate surface area is 435 Å². The van der Waals surface area contributed by atoms with Gasteiger partial charge in [-0.2, -0.15) is 0 Å². The van der Waals surface area contributed by atoms with E-state index in [4.69, 9.17) is 20.1 Å². The Morgan fingerprint density at radius 1 is 0.354 bits per heavy atom. The van der Waals surface area contributed by atoms with Gasteiger partial charge in [0.25, 0.3) is 0 Å². The number of benzene rings is 4. The van der Waals surface area contributed by atoms with Gasteiger partial charge in [-0.3, -0.25) is 0 Å². The second kappa shape index (κ2) is 30.6. The molecule has 0 aliphatic carbocycles. The molecule has 2 saturated heterocycles. The molecular formula is C58H88N4O2Sr+2. The number of hydrogen-bond donors (Lipinski definition) is 2. The molecule has 4 aromatic rings. The van der Waals surface area contributed by atoms with Gasteiger partial charge in [0.2, 0.25) is 0 Å². The van der Waals surface area contributed by atoms with Gasteiger partial charge in [0, 0.05) is 37.8 Å². The van der Waals surface area contributed by atoms with Gasteiger partial charge >= 0.3 is 45.5 Å². The predicted octanol–water partition coefficient (Wildman–Crippen LogP) is 14.5. The van der Waals surface area contributed by atoms with Crippen LogP contribution in [-0.4, -0.2) is 84.6 Å². The molecule has 2 heterocycles. The summed E-state index contributed by atoms with van der Waals surface area (Å²) in [5.74, 6) is 3.66. The van der Waals surface area contributed by atoms with Crippen LogP contribution in [0.3, 0.4) is 0 Å². The number of ether oxygens (including phenoxy) is 2. The molecule has 2 N–H and O–H groups in total. The largest absolute Gasteiger partial charge is 2.00 e. The monoisotopic (exact) mass is 961 g/mol. The van der Waals surface area contributed by atoms with Crippen molar-refractivity contribution in [2.75, 3.05) is 26.4 Å². The van der Waals surface area contributed by atoms with E-state index in [0.29, 0.717) is 47.3 Å². The molecule has 0 spiro atoms. The van der Waals surface area contributed by atoms with Crippen molar-refractivity contribution in [1.29, 1.82) is 0 Å². The number of nitrogens with zero attached hydrogens (tertiary/aromatic N) is 2. The number of hydrogen-bond acceptors (Lipinski definition) is 2. The van der Waals surface area contributed by atoms with Gasteiger partial charge in [0.05, 0.1) is 24.1 Å². The van der Waals surface area contributed by atoms with E-state index in [9.17, 15) is 0 Å². The second-order valence-corrected chi connectivity index (χ2v) is 19.9. The standard InChI is InChI=1S/2C25H35N2.2C4H8O.Sr/c2*1-16(2)20-11-9-12-21(17(3)4)24(20)26-15-27-25-22(18(5)6)13-10-14-23(25)19(7)8;2*1-2-4-5-3-1;/h2*9-19H,1-8H3;2*1-4H2;/q2*-1;;;+2/p+2. The van der Waals surface area contributed by atoms with Crippen molar-refractivity contribution < 1.29 is 19.5 Å². The zero-order valence-corrected chi connectivity index (χ0v) is 47.3. The van der Waals surface area contributed by atoms with E-state index in [-0.39, 0.29) is 45.5 Å². The van der Waals surface area contributed by atoms with Crippen LogP contribution in [0.5, 0.6) is 0 Å². The fourth-order valence-electron chi connectivity index (χ4n) is 8.10. The molecule has 0 bridgehead atoms. The predicted molar refractivity (Wildman–Crippen MR) is 284 cm³/mol. The van der Waals surface area contributed by atoms with E-state index < -0.39 is 0 Å². The van der Waals surface area contributed by atoms with Crippen molar-refractivity contribution in [3.05, 3.63) is 128 Å². The van der Waals surface area contributed by atoms with E-state index in [0.717, 1.165) is 37.8 Å². The number of para-hydroxylation sites is 4. The Bertz CT molecular complexity index is 1760. The first kappa shape index (κ1) is 58.3. The van der Waals surface area contributed by atoms with E-state index in [1.807, 2.05) is 12.7 Å². The minimum atomic E-state index is 0. The summed E-state index contributed by atoms with van der Waals surface area (Å²) in [6.45, 7) is 39.8. The maximum absolute atomic E-state index is 4.94. The molecule has 0 radical (unpaired) electrons. The van der Waals surface area contributed by atoms with Crippen LogP contribution in [-0.2, 0) is 9.47 Å². The van der Waals surface area contributed by atoms with Gasteiger partial charge < -0.3 is 19.5 Å².